The van der Waals surface area contributed by atoms with Crippen LogP contribution in [0.15, 0.2) is 24.3 Å². The quantitative estimate of drug-likeness (QED) is 0.666. The van der Waals surface area contributed by atoms with Crippen LogP contribution < -0.4 is 5.73 Å². The first-order valence-electron chi connectivity index (χ1n) is 6.88. The summed E-state index contributed by atoms with van der Waals surface area (Å²) in [4.78, 5) is 0.183. The number of aliphatic hydroxyl groups excluding tert-OH is 1. The van der Waals surface area contributed by atoms with Crippen LogP contribution in [0, 0.1) is 0 Å². The van der Waals surface area contributed by atoms with Crippen molar-refractivity contribution in [1.82, 2.24) is 4.31 Å². The average molecular weight is 330 g/mol. The van der Waals surface area contributed by atoms with Gasteiger partial charge in [-0.25, -0.2) is 8.42 Å². The Kier molecular flexibility index (Phi) is 7.24. The molecule has 0 saturated heterocycles. The summed E-state index contributed by atoms with van der Waals surface area (Å²) in [6.45, 7) is 2.32. The molecule has 1 aromatic carbocycles. The zero-order chi connectivity index (χ0) is 15.9. The Labute approximate surface area is 131 Å². The molecule has 21 heavy (non-hydrogen) atoms. The lowest BCUT2D eigenvalue weighted by Crippen LogP contribution is -2.35. The second-order valence-electron chi connectivity index (χ2n) is 4.75. The fourth-order valence-corrected chi connectivity index (χ4v) is 3.80. The van der Waals surface area contributed by atoms with Gasteiger partial charge in [0.15, 0.2) is 0 Å². The van der Waals surface area contributed by atoms with Crippen LogP contribution in [0.25, 0.3) is 0 Å². The van der Waals surface area contributed by atoms with Gasteiger partial charge in [-0.15, -0.1) is 0 Å². The van der Waals surface area contributed by atoms with E-state index in [9.17, 15) is 8.42 Å². The third-order valence-electron chi connectivity index (χ3n) is 3.12. The third-order valence-corrected chi connectivity index (χ3v) is 5.17. The molecule has 0 amide bonds. The van der Waals surface area contributed by atoms with E-state index in [-0.39, 0.29) is 23.9 Å². The van der Waals surface area contributed by atoms with Crippen molar-refractivity contribution >= 4 is 27.2 Å². The van der Waals surface area contributed by atoms with E-state index in [1.807, 2.05) is 6.92 Å². The molecule has 0 aliphatic heterocycles. The summed E-state index contributed by atoms with van der Waals surface area (Å²) >= 11 is 4.95. The number of nitrogens with zero attached hydrogens (tertiary/aromatic N) is 1. The van der Waals surface area contributed by atoms with Gasteiger partial charge in [0.05, 0.1) is 12.4 Å². The average Bonchev–Trinajstić information content (AvgIpc) is 2.43. The SMILES string of the molecule is CCCCN(CCO)S(=O)(=O)Cc1ccccc1C(N)=S. The molecule has 5 nitrogen and oxygen atoms in total. The Hall–Kier alpha value is -1.02. The smallest absolute Gasteiger partial charge is 0.218 e. The van der Waals surface area contributed by atoms with Gasteiger partial charge in [-0.2, -0.15) is 4.31 Å². The van der Waals surface area contributed by atoms with Crippen molar-refractivity contribution in [3.05, 3.63) is 35.4 Å². The summed E-state index contributed by atoms with van der Waals surface area (Å²) in [6, 6.07) is 6.96. The van der Waals surface area contributed by atoms with Gasteiger partial charge in [0.25, 0.3) is 0 Å². The Bertz CT molecular complexity index is 573. The highest BCUT2D eigenvalue weighted by atomic mass is 32.2. The molecule has 0 radical (unpaired) electrons. The molecule has 0 heterocycles. The van der Waals surface area contributed by atoms with Gasteiger partial charge < -0.3 is 10.8 Å². The number of hydrogen-bond acceptors (Lipinski definition) is 4. The minimum absolute atomic E-state index is 0.109. The summed E-state index contributed by atoms with van der Waals surface area (Å²) in [5, 5.41) is 9.06. The molecule has 0 saturated carbocycles. The predicted molar refractivity (Wildman–Crippen MR) is 88.5 cm³/mol. The number of aliphatic hydroxyl groups is 1. The van der Waals surface area contributed by atoms with E-state index in [1.54, 1.807) is 24.3 Å². The summed E-state index contributed by atoms with van der Waals surface area (Å²) in [7, 11) is -3.51. The molecule has 7 heteroatoms. The van der Waals surface area contributed by atoms with E-state index in [2.05, 4.69) is 0 Å². The Morgan fingerprint density at radius 1 is 1.33 bits per heavy atom. The van der Waals surface area contributed by atoms with Crippen LogP contribution in [0.5, 0.6) is 0 Å². The maximum atomic E-state index is 12.5. The van der Waals surface area contributed by atoms with Crippen LogP contribution in [0.3, 0.4) is 0 Å². The Balaban J connectivity index is 2.99. The fraction of sp³-hybridized carbons (Fsp3) is 0.500. The molecule has 0 unspecified atom stereocenters. The van der Waals surface area contributed by atoms with Crippen LogP contribution in [0.2, 0.25) is 0 Å². The maximum absolute atomic E-state index is 12.5. The topological polar surface area (TPSA) is 83.6 Å². The van der Waals surface area contributed by atoms with Gasteiger partial charge in [0, 0.05) is 18.7 Å². The van der Waals surface area contributed by atoms with Gasteiger partial charge in [0.2, 0.25) is 10.0 Å². The van der Waals surface area contributed by atoms with E-state index < -0.39 is 10.0 Å². The second-order valence-corrected chi connectivity index (χ2v) is 7.16. The number of sulfonamides is 1. The van der Waals surface area contributed by atoms with Crippen molar-refractivity contribution in [2.75, 3.05) is 19.7 Å². The highest BCUT2D eigenvalue weighted by Gasteiger charge is 2.23. The van der Waals surface area contributed by atoms with E-state index in [1.165, 1.54) is 4.31 Å². The van der Waals surface area contributed by atoms with Gasteiger partial charge in [-0.05, 0) is 12.0 Å². The summed E-state index contributed by atoms with van der Waals surface area (Å²) in [5.74, 6) is -0.162. The van der Waals surface area contributed by atoms with E-state index >= 15 is 0 Å². The number of rotatable bonds is 9. The summed E-state index contributed by atoms with van der Waals surface area (Å²) in [5.41, 5.74) is 6.80. The second kappa shape index (κ2) is 8.43. The molecule has 0 aromatic heterocycles. The van der Waals surface area contributed by atoms with Gasteiger partial charge in [-0.1, -0.05) is 49.8 Å². The third kappa shape index (κ3) is 5.35. The first kappa shape index (κ1) is 18.0. The number of thiocarbonyl (C=S) groups is 1. The van der Waals surface area contributed by atoms with Crippen molar-refractivity contribution in [1.29, 1.82) is 0 Å². The van der Waals surface area contributed by atoms with Crippen LogP contribution >= 0.6 is 12.2 Å². The summed E-state index contributed by atoms with van der Waals surface area (Å²) < 4.78 is 26.3. The molecule has 0 aliphatic carbocycles. The normalized spacial score (nSPS) is 11.8. The fourth-order valence-electron chi connectivity index (χ4n) is 2.01. The number of benzene rings is 1. The van der Waals surface area contributed by atoms with Gasteiger partial charge in [0.1, 0.15) is 4.99 Å². The molecule has 0 bridgehead atoms. The first-order chi connectivity index (χ1) is 9.92. The van der Waals surface area contributed by atoms with Crippen LogP contribution in [-0.4, -0.2) is 42.5 Å². The zero-order valence-corrected chi connectivity index (χ0v) is 13.8. The first-order valence-corrected chi connectivity index (χ1v) is 8.90. The highest BCUT2D eigenvalue weighted by molar-refractivity contribution is 7.88. The van der Waals surface area contributed by atoms with Gasteiger partial charge in [-0.3, -0.25) is 0 Å². The molecule has 118 valence electrons. The van der Waals surface area contributed by atoms with Crippen molar-refractivity contribution in [2.24, 2.45) is 5.73 Å². The lowest BCUT2D eigenvalue weighted by atomic mass is 10.1. The molecule has 0 fully saturated rings. The molecule has 0 spiro atoms. The van der Waals surface area contributed by atoms with Gasteiger partial charge >= 0.3 is 0 Å². The molecular weight excluding hydrogens is 308 g/mol. The standard InChI is InChI=1S/C14H22N2O3S2/c1-2-3-8-16(9-10-17)21(18,19)11-12-6-4-5-7-13(12)14(15)20/h4-7,17H,2-3,8-11H2,1H3,(H2,15,20). The van der Waals surface area contributed by atoms with Crippen LogP contribution in [-0.2, 0) is 15.8 Å². The predicted octanol–water partition coefficient (Wildman–Crippen LogP) is 1.24. The molecule has 3 N–H and O–H groups in total. The van der Waals surface area contributed by atoms with Crippen LogP contribution in [0.1, 0.15) is 30.9 Å². The van der Waals surface area contributed by atoms with E-state index in [0.717, 1.165) is 12.8 Å². The largest absolute Gasteiger partial charge is 0.395 e. The Morgan fingerprint density at radius 3 is 2.57 bits per heavy atom. The Morgan fingerprint density at radius 2 is 2.00 bits per heavy atom. The molecular formula is C14H22N2O3S2. The minimum Gasteiger partial charge on any atom is -0.395 e. The van der Waals surface area contributed by atoms with Crippen molar-refractivity contribution in [3.63, 3.8) is 0 Å². The van der Waals surface area contributed by atoms with Crippen molar-refractivity contribution < 1.29 is 13.5 Å². The molecule has 1 rings (SSSR count). The monoisotopic (exact) mass is 330 g/mol. The van der Waals surface area contributed by atoms with Crippen LogP contribution in [0.4, 0.5) is 0 Å². The molecule has 1 aromatic rings. The maximum Gasteiger partial charge on any atom is 0.218 e. The zero-order valence-electron chi connectivity index (χ0n) is 12.2. The molecule has 0 atom stereocenters. The van der Waals surface area contributed by atoms with E-state index in [0.29, 0.717) is 17.7 Å². The number of nitrogens with two attached hydrogens (primary N) is 1. The van der Waals surface area contributed by atoms with E-state index in [4.69, 9.17) is 23.1 Å². The van der Waals surface area contributed by atoms with Crippen molar-refractivity contribution in [2.45, 2.75) is 25.5 Å². The minimum atomic E-state index is -3.51. The summed E-state index contributed by atoms with van der Waals surface area (Å²) in [6.07, 6.45) is 1.65. The van der Waals surface area contributed by atoms with Crippen molar-refractivity contribution in [3.8, 4) is 0 Å². The highest BCUT2D eigenvalue weighted by Crippen LogP contribution is 2.16. The lowest BCUT2D eigenvalue weighted by molar-refractivity contribution is 0.252. The number of hydrogen-bond donors (Lipinski definition) is 2. The molecule has 0 aliphatic rings. The number of unbranched alkanes of at least 4 members (excludes halogenated alkanes) is 1. The lowest BCUT2D eigenvalue weighted by Gasteiger charge is -2.21.